The molecule has 0 bridgehead atoms. The Balaban J connectivity index is 0.000000248. The summed E-state index contributed by atoms with van der Waals surface area (Å²) in [6, 6.07) is 15.9. The monoisotopic (exact) mass is 952 g/mol. The van der Waals surface area contributed by atoms with E-state index in [0.717, 1.165) is 61.5 Å². The van der Waals surface area contributed by atoms with Crippen molar-refractivity contribution in [1.29, 1.82) is 0 Å². The van der Waals surface area contributed by atoms with E-state index >= 15 is 0 Å². The van der Waals surface area contributed by atoms with E-state index in [1.165, 1.54) is 54.4 Å². The van der Waals surface area contributed by atoms with Gasteiger partial charge in [-0.2, -0.15) is 24.3 Å². The number of esters is 2. The molecule has 0 amide bonds. The van der Waals surface area contributed by atoms with Gasteiger partial charge in [0.15, 0.2) is 5.16 Å². The van der Waals surface area contributed by atoms with Gasteiger partial charge in [0, 0.05) is 26.2 Å². The van der Waals surface area contributed by atoms with Crippen LogP contribution in [0.1, 0.15) is 61.8 Å². The highest BCUT2D eigenvalue weighted by molar-refractivity contribution is 7.98. The number of nitro groups is 2. The van der Waals surface area contributed by atoms with Gasteiger partial charge >= 0.3 is 23.3 Å². The Morgan fingerprint density at radius 3 is 1.50 bits per heavy atom. The van der Waals surface area contributed by atoms with Crippen molar-refractivity contribution in [1.82, 2.24) is 29.7 Å². The van der Waals surface area contributed by atoms with Crippen LogP contribution in [0.25, 0.3) is 0 Å². The van der Waals surface area contributed by atoms with Crippen LogP contribution in [0, 0.1) is 20.2 Å². The molecule has 24 heteroatoms. The summed E-state index contributed by atoms with van der Waals surface area (Å²) in [7, 11) is 1.30. The average Bonchev–Trinajstić information content (AvgIpc) is 4.00. The van der Waals surface area contributed by atoms with Crippen LogP contribution >= 0.6 is 23.8 Å². The topological polar surface area (TPSA) is 274 Å². The van der Waals surface area contributed by atoms with Gasteiger partial charge in [-0.25, -0.2) is 4.89 Å². The van der Waals surface area contributed by atoms with Crippen molar-refractivity contribution in [3.05, 3.63) is 91.0 Å². The lowest BCUT2D eigenvalue weighted by atomic mass is 10.1. The summed E-state index contributed by atoms with van der Waals surface area (Å²) >= 11 is 1.86. The maximum absolute atomic E-state index is 12.4. The molecule has 22 nitrogen and oxygen atoms in total. The molecule has 0 saturated carbocycles. The van der Waals surface area contributed by atoms with Crippen molar-refractivity contribution < 1.29 is 38.1 Å². The van der Waals surface area contributed by atoms with Crippen molar-refractivity contribution in [3.8, 4) is 0 Å². The van der Waals surface area contributed by atoms with Gasteiger partial charge in [0.1, 0.15) is 25.1 Å². The number of nitrogen functional groups attached to an aromatic ring is 2. The SMILES string of the molecule is CCOC(=O)CN(Cc1cccc(CN2CCCC2)c1)c1nc(SC)nc(N)c1[N+](=O)[O-].CCOC(=O)CN(Cc1cccc(CN2CCCC2)c1)c1nc(SOOC)nc(N)c1[N+](=O)[O-]. The van der Waals surface area contributed by atoms with Crippen molar-refractivity contribution in [2.24, 2.45) is 0 Å². The number of anilines is 4. The zero-order valence-electron chi connectivity index (χ0n) is 37.5. The van der Waals surface area contributed by atoms with Gasteiger partial charge < -0.3 is 30.7 Å². The molecule has 2 aliphatic heterocycles. The summed E-state index contributed by atoms with van der Waals surface area (Å²) in [4.78, 5) is 75.7. The maximum Gasteiger partial charge on any atom is 0.353 e. The second-order valence-corrected chi connectivity index (χ2v) is 16.5. The first-order valence-electron chi connectivity index (χ1n) is 21.3. The molecule has 2 aromatic heterocycles. The summed E-state index contributed by atoms with van der Waals surface area (Å²) in [5.41, 5.74) is 14.9. The van der Waals surface area contributed by atoms with Crippen molar-refractivity contribution in [3.63, 3.8) is 0 Å². The number of carbonyl (C=O) groups is 2. The van der Waals surface area contributed by atoms with Gasteiger partial charge in [-0.1, -0.05) is 60.3 Å². The third-order valence-corrected chi connectivity index (χ3v) is 11.3. The third kappa shape index (κ3) is 15.1. The molecule has 2 saturated heterocycles. The fraction of sp³-hybridized carbons (Fsp3) is 0.476. The van der Waals surface area contributed by atoms with Crippen LogP contribution < -0.4 is 21.3 Å². The summed E-state index contributed by atoms with van der Waals surface area (Å²) < 4.78 is 15.0. The Morgan fingerprint density at radius 1 is 0.697 bits per heavy atom. The van der Waals surface area contributed by atoms with Crippen LogP contribution in [0.4, 0.5) is 34.6 Å². The fourth-order valence-corrected chi connectivity index (χ4v) is 8.25. The number of hydrogen-bond acceptors (Lipinski definition) is 22. The molecule has 0 radical (unpaired) electrons. The number of rotatable bonds is 22. The second kappa shape index (κ2) is 25.7. The Kier molecular flexibility index (Phi) is 19.9. The lowest BCUT2D eigenvalue weighted by Gasteiger charge is -2.23. The molecule has 0 spiro atoms. The van der Waals surface area contributed by atoms with E-state index < -0.39 is 33.2 Å². The number of thioether (sulfide) groups is 1. The fourth-order valence-electron chi connectivity index (χ4n) is 7.49. The number of hydrogen-bond donors (Lipinski definition) is 2. The second-order valence-electron chi connectivity index (χ2n) is 15.1. The lowest BCUT2D eigenvalue weighted by Crippen LogP contribution is -2.32. The highest BCUT2D eigenvalue weighted by atomic mass is 32.2. The van der Waals surface area contributed by atoms with E-state index in [2.05, 4.69) is 46.8 Å². The van der Waals surface area contributed by atoms with E-state index in [1.54, 1.807) is 20.1 Å². The molecule has 4 N–H and O–H groups in total. The van der Waals surface area contributed by atoms with E-state index in [-0.39, 0.29) is 67.8 Å². The molecule has 0 aliphatic carbocycles. The van der Waals surface area contributed by atoms with Crippen LogP contribution in [0.3, 0.4) is 0 Å². The van der Waals surface area contributed by atoms with Crippen LogP contribution in [-0.2, 0) is 54.5 Å². The zero-order chi connectivity index (χ0) is 47.6. The van der Waals surface area contributed by atoms with Gasteiger partial charge in [-0.3, -0.25) is 39.6 Å². The van der Waals surface area contributed by atoms with Gasteiger partial charge in [0.2, 0.25) is 28.4 Å². The Hall–Kier alpha value is -5.92. The molecule has 2 aromatic carbocycles. The Bertz CT molecular complexity index is 2290. The zero-order valence-corrected chi connectivity index (χ0v) is 39.1. The van der Waals surface area contributed by atoms with Crippen molar-refractivity contribution in [2.75, 3.05) is 87.1 Å². The minimum Gasteiger partial charge on any atom is -0.465 e. The Morgan fingerprint density at radius 2 is 1.11 bits per heavy atom. The molecular weight excluding hydrogens is 897 g/mol. The van der Waals surface area contributed by atoms with Crippen LogP contribution in [-0.4, -0.2) is 117 Å². The number of nitrogens with two attached hydrogens (primary N) is 2. The number of carbonyl (C=O) groups excluding carboxylic acids is 2. The molecule has 0 unspecified atom stereocenters. The first kappa shape index (κ1) is 51.1. The highest BCUT2D eigenvalue weighted by Crippen LogP contribution is 2.35. The molecular formula is C42H56N12O10S2. The van der Waals surface area contributed by atoms with Crippen molar-refractivity contribution in [2.45, 2.75) is 76.0 Å². The molecule has 4 aromatic rings. The standard InChI is InChI=1S/C21H28N6O6S.C21H28N6O4S/c1-3-32-17(28)14-26(13-16-8-6-7-15(11-16)12-25-9-4-5-10-25)20-18(27(29)30)19(22)23-21(24-20)34-33-31-2;1-3-31-17(28)14-26(20-18(27(29)30)19(22)23-21(24-20)32-2)13-16-8-6-7-15(11-16)12-25-9-4-5-10-25/h6-8,11H,3-5,9-10,12-14H2,1-2H3,(H2,22,23,24);6-8,11H,3-5,9-10,12-14H2,1-2H3,(H2,22,23,24). The van der Waals surface area contributed by atoms with Crippen LogP contribution in [0.2, 0.25) is 0 Å². The predicted molar refractivity (Wildman–Crippen MR) is 249 cm³/mol. The summed E-state index contributed by atoms with van der Waals surface area (Å²) in [5.74, 6) is -1.75. The average molecular weight is 953 g/mol. The van der Waals surface area contributed by atoms with Crippen molar-refractivity contribution >= 4 is 70.4 Å². The minimum atomic E-state index is -0.668. The van der Waals surface area contributed by atoms with E-state index in [9.17, 15) is 29.8 Å². The number of nitrogens with zero attached hydrogens (tertiary/aromatic N) is 10. The van der Waals surface area contributed by atoms with E-state index in [1.807, 2.05) is 36.4 Å². The van der Waals surface area contributed by atoms with E-state index in [4.69, 9.17) is 25.3 Å². The summed E-state index contributed by atoms with van der Waals surface area (Å²) in [6.45, 7) is 9.69. The molecule has 2 aliphatic rings. The normalized spacial score (nSPS) is 13.8. The molecule has 0 atom stereocenters. The number of likely N-dealkylation sites (tertiary alicyclic amines) is 2. The molecule has 66 heavy (non-hydrogen) atoms. The largest absolute Gasteiger partial charge is 0.465 e. The van der Waals surface area contributed by atoms with Gasteiger partial charge in [0.05, 0.1) is 30.2 Å². The Labute approximate surface area is 391 Å². The number of ether oxygens (including phenoxy) is 2. The smallest absolute Gasteiger partial charge is 0.353 e. The lowest BCUT2D eigenvalue weighted by molar-refractivity contribution is -0.383. The molecule has 2 fully saturated rings. The molecule has 6 rings (SSSR count). The summed E-state index contributed by atoms with van der Waals surface area (Å²) in [5, 5.41) is 23.9. The van der Waals surface area contributed by atoms with Gasteiger partial charge in [-0.15, -0.1) is 0 Å². The molecule has 356 valence electrons. The van der Waals surface area contributed by atoms with Gasteiger partial charge in [-0.05, 0) is 94.2 Å². The quantitative estimate of drug-likeness (QED) is 0.0185. The predicted octanol–water partition coefficient (Wildman–Crippen LogP) is 5.57. The number of benzene rings is 2. The summed E-state index contributed by atoms with van der Waals surface area (Å²) in [6.07, 6.45) is 6.56. The first-order valence-corrected chi connectivity index (χ1v) is 23.2. The molecule has 4 heterocycles. The van der Waals surface area contributed by atoms with E-state index in [0.29, 0.717) is 17.2 Å². The van der Waals surface area contributed by atoms with Gasteiger partial charge in [0.25, 0.3) is 0 Å². The number of aromatic nitrogens is 4. The maximum atomic E-state index is 12.4. The van der Waals surface area contributed by atoms with Crippen LogP contribution in [0.15, 0.2) is 58.8 Å². The minimum absolute atomic E-state index is 0.00315. The third-order valence-electron chi connectivity index (χ3n) is 10.3. The highest BCUT2D eigenvalue weighted by Gasteiger charge is 2.31. The van der Waals surface area contributed by atoms with Crippen LogP contribution in [0.5, 0.6) is 0 Å². The first-order chi connectivity index (χ1) is 31.8.